The van der Waals surface area contributed by atoms with Crippen LogP contribution in [0.3, 0.4) is 0 Å². The molecular weight excluding hydrogens is 928 g/mol. The number of unbranched alkanes of at least 4 members (excludes halogenated alkanes) is 31. The minimum absolute atomic E-state index is 0.0302. The van der Waals surface area contributed by atoms with Crippen molar-refractivity contribution in [3.05, 3.63) is 60.8 Å². The van der Waals surface area contributed by atoms with Gasteiger partial charge in [-0.15, -0.1) is 0 Å². The Balaban J connectivity index is 5.39. The molecule has 0 saturated carbocycles. The highest BCUT2D eigenvalue weighted by Gasteiger charge is 2.30. The smallest absolute Gasteiger partial charge is 0.456 e. The molecule has 0 spiro atoms. The Morgan fingerprint density at radius 1 is 0.479 bits per heavy atom. The van der Waals surface area contributed by atoms with Crippen LogP contribution < -0.4 is 5.32 Å². The lowest BCUT2D eigenvalue weighted by Crippen LogP contribution is -2.47. The number of hydrogen-bond acceptors (Lipinski definition) is 6. The van der Waals surface area contributed by atoms with Crippen LogP contribution in [-0.2, 0) is 27.9 Å². The third kappa shape index (κ3) is 54.3. The maximum Gasteiger partial charge on any atom is 0.472 e. The van der Waals surface area contributed by atoms with Crippen molar-refractivity contribution in [2.45, 2.75) is 290 Å². The molecule has 426 valence electrons. The average molecular weight is 1050 g/mol. The lowest BCUT2D eigenvalue weighted by Gasteiger charge is -2.27. The fraction of sp³-hybridized carbons (Fsp3) is 0.810. The highest BCUT2D eigenvalue weighted by molar-refractivity contribution is 7.47. The van der Waals surface area contributed by atoms with Crippen LogP contribution in [-0.4, -0.2) is 74.3 Å². The van der Waals surface area contributed by atoms with E-state index < -0.39 is 20.0 Å². The molecule has 0 bridgehead atoms. The summed E-state index contributed by atoms with van der Waals surface area (Å²) in [4.78, 5) is 37.7. The van der Waals surface area contributed by atoms with Gasteiger partial charge >= 0.3 is 13.8 Å². The number of nitrogens with one attached hydrogen (secondary N) is 1. The Bertz CT molecular complexity index is 1440. The summed E-state index contributed by atoms with van der Waals surface area (Å²) in [6.07, 6.45) is 66.5. The molecule has 0 aliphatic rings. The van der Waals surface area contributed by atoms with Gasteiger partial charge in [0.1, 0.15) is 19.3 Å². The Morgan fingerprint density at radius 3 is 1.30 bits per heavy atom. The minimum Gasteiger partial charge on any atom is -0.456 e. The summed E-state index contributed by atoms with van der Waals surface area (Å²) in [6.45, 7) is 6.96. The molecule has 73 heavy (non-hydrogen) atoms. The largest absolute Gasteiger partial charge is 0.472 e. The van der Waals surface area contributed by atoms with E-state index in [-0.39, 0.29) is 37.9 Å². The van der Waals surface area contributed by atoms with E-state index in [2.05, 4.69) is 74.7 Å². The van der Waals surface area contributed by atoms with Crippen molar-refractivity contribution in [3.63, 3.8) is 0 Å². The number of hydrogen-bond donors (Lipinski definition) is 2. The molecule has 0 aliphatic heterocycles. The predicted molar refractivity (Wildman–Crippen MR) is 314 cm³/mol. The molecule has 0 saturated heterocycles. The van der Waals surface area contributed by atoms with Gasteiger partial charge in [-0.25, -0.2) is 4.57 Å². The molecule has 10 heteroatoms. The van der Waals surface area contributed by atoms with Crippen LogP contribution in [0.15, 0.2) is 60.8 Å². The molecule has 1 amide bonds. The molecule has 0 aromatic carbocycles. The summed E-state index contributed by atoms with van der Waals surface area (Å²) < 4.78 is 30.6. The number of rotatable bonds is 55. The van der Waals surface area contributed by atoms with Gasteiger partial charge in [0.15, 0.2) is 0 Å². The molecule has 0 aromatic heterocycles. The fourth-order valence-electron chi connectivity index (χ4n) is 8.70. The van der Waals surface area contributed by atoms with Crippen LogP contribution in [0.4, 0.5) is 0 Å². The van der Waals surface area contributed by atoms with Crippen molar-refractivity contribution < 1.29 is 37.3 Å². The van der Waals surface area contributed by atoms with Crippen molar-refractivity contribution in [1.82, 2.24) is 5.32 Å². The molecule has 9 nitrogen and oxygen atoms in total. The van der Waals surface area contributed by atoms with Crippen molar-refractivity contribution in [2.24, 2.45) is 0 Å². The first kappa shape index (κ1) is 70.7. The molecule has 0 aromatic rings. The number of ether oxygens (including phenoxy) is 1. The quantitative estimate of drug-likeness (QED) is 0.0205. The summed E-state index contributed by atoms with van der Waals surface area (Å²) in [6, 6.07) is -0.875. The summed E-state index contributed by atoms with van der Waals surface area (Å²) in [5.41, 5.74) is 0. The van der Waals surface area contributed by atoms with Gasteiger partial charge in [-0.05, 0) is 70.3 Å². The standard InChI is InChI=1S/C63H117N2O7P/c1-7-10-13-16-19-22-25-28-30-32-34-37-40-43-46-49-52-55-62(66)64-60(59-71-73(68,69)70-58-57-65(4,5)6)61(54-51-48-45-42-39-36-27-24-21-18-15-12-9-3)72-63(67)56-53-50-47-44-41-38-35-33-31-29-26-23-20-17-14-11-8-2/h19,22,28,30,34,37,43,46,51,54,60-61H,7-18,20-21,23-27,29,31-33,35-36,38-42,44-45,47-50,52-53,55-59H2,1-6H3,(H-,64,66,68,69)/p+1/b22-19-,30-28-,37-34-,46-43-,54-51+. The van der Waals surface area contributed by atoms with Gasteiger partial charge < -0.3 is 19.4 Å². The van der Waals surface area contributed by atoms with Crippen LogP contribution in [0.5, 0.6) is 0 Å². The summed E-state index contributed by atoms with van der Waals surface area (Å²) >= 11 is 0. The van der Waals surface area contributed by atoms with E-state index in [1.807, 2.05) is 33.3 Å². The number of allylic oxidation sites excluding steroid dienone is 9. The van der Waals surface area contributed by atoms with Crippen molar-refractivity contribution in [3.8, 4) is 0 Å². The molecule has 0 heterocycles. The minimum atomic E-state index is -4.46. The lowest BCUT2D eigenvalue weighted by atomic mass is 10.0. The van der Waals surface area contributed by atoms with Crippen molar-refractivity contribution in [1.29, 1.82) is 0 Å². The third-order valence-corrected chi connectivity index (χ3v) is 14.4. The second-order valence-electron chi connectivity index (χ2n) is 21.9. The number of phosphoric ester groups is 1. The third-order valence-electron chi connectivity index (χ3n) is 13.5. The van der Waals surface area contributed by atoms with Crippen LogP contribution in [0.25, 0.3) is 0 Å². The highest BCUT2D eigenvalue weighted by Crippen LogP contribution is 2.43. The second kappa shape index (κ2) is 53.1. The predicted octanol–water partition coefficient (Wildman–Crippen LogP) is 18.7. The van der Waals surface area contributed by atoms with Gasteiger partial charge in [-0.1, -0.05) is 255 Å². The Kier molecular flexibility index (Phi) is 51.5. The van der Waals surface area contributed by atoms with Gasteiger partial charge in [0.05, 0.1) is 33.8 Å². The molecule has 2 N–H and O–H groups in total. The van der Waals surface area contributed by atoms with E-state index in [0.717, 1.165) is 64.2 Å². The van der Waals surface area contributed by atoms with E-state index in [0.29, 0.717) is 17.4 Å². The first-order valence-corrected chi connectivity index (χ1v) is 32.1. The van der Waals surface area contributed by atoms with Crippen molar-refractivity contribution >= 4 is 19.7 Å². The Labute approximate surface area is 451 Å². The van der Waals surface area contributed by atoms with Crippen LogP contribution in [0.2, 0.25) is 0 Å². The number of likely N-dealkylation sites (N-methyl/N-ethyl adjacent to an activating group) is 1. The van der Waals surface area contributed by atoms with Gasteiger partial charge in [0.2, 0.25) is 5.91 Å². The van der Waals surface area contributed by atoms with Gasteiger partial charge in [-0.2, -0.15) is 0 Å². The Hall–Kier alpha value is -2.29. The maximum atomic E-state index is 13.5. The maximum absolute atomic E-state index is 13.5. The first-order valence-electron chi connectivity index (χ1n) is 30.6. The topological polar surface area (TPSA) is 111 Å². The van der Waals surface area contributed by atoms with E-state index in [1.54, 1.807) is 0 Å². The average Bonchev–Trinajstić information content (AvgIpc) is 3.35. The molecule has 0 fully saturated rings. The monoisotopic (exact) mass is 1050 g/mol. The zero-order valence-electron chi connectivity index (χ0n) is 48.6. The SMILES string of the molecule is CCCCC/C=C\C/C=C\C/C=C\C/C=C\CCCC(=O)NC(COP(=O)(O)OCC[N+](C)(C)C)C(/C=C/CCCCCCCCCCCCC)OC(=O)CCCCCCCCCCCCCCCCCCC. The summed E-state index contributed by atoms with van der Waals surface area (Å²) in [7, 11) is 1.47. The molecule has 0 radical (unpaired) electrons. The number of esters is 1. The number of amides is 1. The highest BCUT2D eigenvalue weighted by atomic mass is 31.2. The number of quaternary nitrogens is 1. The zero-order valence-corrected chi connectivity index (χ0v) is 49.5. The van der Waals surface area contributed by atoms with E-state index in [9.17, 15) is 19.0 Å². The fourth-order valence-corrected chi connectivity index (χ4v) is 9.43. The number of carbonyl (C=O) groups is 2. The van der Waals surface area contributed by atoms with E-state index >= 15 is 0 Å². The molecule has 3 atom stereocenters. The van der Waals surface area contributed by atoms with Gasteiger partial charge in [-0.3, -0.25) is 18.6 Å². The Morgan fingerprint density at radius 2 is 0.849 bits per heavy atom. The molecule has 0 aliphatic carbocycles. The normalized spacial score (nSPS) is 14.1. The van der Waals surface area contributed by atoms with E-state index in [1.165, 1.54) is 173 Å². The zero-order chi connectivity index (χ0) is 53.6. The van der Waals surface area contributed by atoms with Crippen LogP contribution in [0, 0.1) is 0 Å². The second-order valence-corrected chi connectivity index (χ2v) is 23.3. The number of nitrogens with zero attached hydrogens (tertiary/aromatic N) is 1. The van der Waals surface area contributed by atoms with Gasteiger partial charge in [0, 0.05) is 12.8 Å². The van der Waals surface area contributed by atoms with Crippen molar-refractivity contribution in [2.75, 3.05) is 40.9 Å². The number of phosphoric acid groups is 1. The summed E-state index contributed by atoms with van der Waals surface area (Å²) in [5, 5.41) is 3.02. The summed E-state index contributed by atoms with van der Waals surface area (Å²) in [5.74, 6) is -0.562. The molecular formula is C63H118N2O7P+. The number of carbonyl (C=O) groups excluding carboxylic acids is 2. The molecule has 3 unspecified atom stereocenters. The van der Waals surface area contributed by atoms with E-state index in [4.69, 9.17) is 13.8 Å². The van der Waals surface area contributed by atoms with Gasteiger partial charge in [0.25, 0.3) is 0 Å². The lowest BCUT2D eigenvalue weighted by molar-refractivity contribution is -0.870. The van der Waals surface area contributed by atoms with Crippen LogP contribution >= 0.6 is 7.82 Å². The first-order chi connectivity index (χ1) is 35.4. The molecule has 0 rings (SSSR count). The van der Waals surface area contributed by atoms with Crippen LogP contribution in [0.1, 0.15) is 278 Å².